The summed E-state index contributed by atoms with van der Waals surface area (Å²) in [6.07, 6.45) is 1.79. The highest BCUT2D eigenvalue weighted by Crippen LogP contribution is 2.27. The van der Waals surface area contributed by atoms with Crippen molar-refractivity contribution in [2.45, 2.75) is 10.6 Å². The molecule has 0 bridgehead atoms. The van der Waals surface area contributed by atoms with E-state index in [0.717, 1.165) is 21.9 Å². The number of rotatable bonds is 3. The average Bonchev–Trinajstić information content (AvgIpc) is 2.30. The minimum absolute atomic E-state index is 0.549. The Labute approximate surface area is 98.9 Å². The number of benzene rings is 1. The summed E-state index contributed by atoms with van der Waals surface area (Å²) in [7, 11) is 0. The number of nitrogen functional groups attached to an aromatic ring is 2. The maximum atomic E-state index is 5.85. The lowest BCUT2D eigenvalue weighted by molar-refractivity contribution is 1.26. The molecular formula is C12H13N3S. The Bertz CT molecular complexity index is 468. The number of pyridine rings is 1. The van der Waals surface area contributed by atoms with Gasteiger partial charge in [0.15, 0.2) is 0 Å². The van der Waals surface area contributed by atoms with Gasteiger partial charge in [-0.05, 0) is 23.8 Å². The quantitative estimate of drug-likeness (QED) is 0.629. The van der Waals surface area contributed by atoms with Crippen molar-refractivity contribution in [3.05, 3.63) is 48.2 Å². The fourth-order valence-electron chi connectivity index (χ4n) is 1.29. The van der Waals surface area contributed by atoms with Gasteiger partial charge in [0, 0.05) is 22.5 Å². The van der Waals surface area contributed by atoms with Crippen LogP contribution in [0, 0.1) is 0 Å². The molecule has 0 amide bonds. The molecule has 0 atom stereocenters. The monoisotopic (exact) mass is 231 g/mol. The molecule has 4 heteroatoms. The van der Waals surface area contributed by atoms with E-state index in [-0.39, 0.29) is 0 Å². The fourth-order valence-corrected chi connectivity index (χ4v) is 2.20. The topological polar surface area (TPSA) is 64.9 Å². The molecule has 2 rings (SSSR count). The first-order valence-electron chi connectivity index (χ1n) is 4.93. The van der Waals surface area contributed by atoms with Crippen molar-refractivity contribution in [3.8, 4) is 0 Å². The number of thioether (sulfide) groups is 1. The van der Waals surface area contributed by atoms with Crippen molar-refractivity contribution in [2.75, 3.05) is 11.5 Å². The van der Waals surface area contributed by atoms with Gasteiger partial charge in [-0.15, -0.1) is 11.8 Å². The lowest BCUT2D eigenvalue weighted by atomic mass is 10.3. The van der Waals surface area contributed by atoms with Crippen LogP contribution in [0.2, 0.25) is 0 Å². The molecule has 2 aromatic rings. The van der Waals surface area contributed by atoms with Crippen molar-refractivity contribution < 1.29 is 0 Å². The van der Waals surface area contributed by atoms with E-state index in [9.17, 15) is 0 Å². The standard InChI is InChI=1S/C12H13N3S/c13-10-3-1-2-4-11(10)16-8-9-5-6-12(14)15-7-9/h1-7H,8,13H2,(H2,14,15). The molecule has 4 N–H and O–H groups in total. The molecular weight excluding hydrogens is 218 g/mol. The summed E-state index contributed by atoms with van der Waals surface area (Å²) in [6, 6.07) is 11.6. The van der Waals surface area contributed by atoms with Crippen LogP contribution >= 0.6 is 11.8 Å². The van der Waals surface area contributed by atoms with Crippen LogP contribution in [0.1, 0.15) is 5.56 Å². The Balaban J connectivity index is 2.02. The summed E-state index contributed by atoms with van der Waals surface area (Å²) in [5.41, 5.74) is 13.3. The van der Waals surface area contributed by atoms with Gasteiger partial charge in [-0.2, -0.15) is 0 Å². The van der Waals surface area contributed by atoms with E-state index in [2.05, 4.69) is 4.98 Å². The third-order valence-electron chi connectivity index (χ3n) is 2.16. The minimum Gasteiger partial charge on any atom is -0.398 e. The zero-order chi connectivity index (χ0) is 11.4. The van der Waals surface area contributed by atoms with E-state index in [4.69, 9.17) is 11.5 Å². The van der Waals surface area contributed by atoms with Gasteiger partial charge in [0.2, 0.25) is 0 Å². The Morgan fingerprint density at radius 2 is 1.88 bits per heavy atom. The predicted molar refractivity (Wildman–Crippen MR) is 69.1 cm³/mol. The Morgan fingerprint density at radius 3 is 2.56 bits per heavy atom. The fraction of sp³-hybridized carbons (Fsp3) is 0.0833. The van der Waals surface area contributed by atoms with Crippen molar-refractivity contribution in [2.24, 2.45) is 0 Å². The zero-order valence-electron chi connectivity index (χ0n) is 8.76. The van der Waals surface area contributed by atoms with Crippen LogP contribution in [-0.4, -0.2) is 4.98 Å². The van der Waals surface area contributed by atoms with Gasteiger partial charge in [-0.1, -0.05) is 18.2 Å². The number of anilines is 2. The van der Waals surface area contributed by atoms with E-state index in [1.54, 1.807) is 18.0 Å². The summed E-state index contributed by atoms with van der Waals surface area (Å²) in [5, 5.41) is 0. The number of para-hydroxylation sites is 1. The van der Waals surface area contributed by atoms with E-state index in [1.165, 1.54) is 0 Å². The smallest absolute Gasteiger partial charge is 0.123 e. The molecule has 0 aliphatic rings. The van der Waals surface area contributed by atoms with Crippen LogP contribution < -0.4 is 11.5 Å². The van der Waals surface area contributed by atoms with E-state index < -0.39 is 0 Å². The van der Waals surface area contributed by atoms with Crippen LogP contribution in [0.4, 0.5) is 11.5 Å². The van der Waals surface area contributed by atoms with Crippen LogP contribution in [0.5, 0.6) is 0 Å². The highest BCUT2D eigenvalue weighted by atomic mass is 32.2. The SMILES string of the molecule is Nc1ccc(CSc2ccccc2N)cn1. The molecule has 1 heterocycles. The highest BCUT2D eigenvalue weighted by Gasteiger charge is 1.99. The second-order valence-electron chi connectivity index (χ2n) is 3.42. The van der Waals surface area contributed by atoms with E-state index in [0.29, 0.717) is 5.82 Å². The van der Waals surface area contributed by atoms with Crippen LogP contribution in [0.25, 0.3) is 0 Å². The highest BCUT2D eigenvalue weighted by molar-refractivity contribution is 7.98. The number of aromatic nitrogens is 1. The first-order chi connectivity index (χ1) is 7.75. The molecule has 1 aromatic carbocycles. The lowest BCUT2D eigenvalue weighted by Gasteiger charge is -2.04. The third kappa shape index (κ3) is 2.67. The third-order valence-corrected chi connectivity index (χ3v) is 3.32. The number of hydrogen-bond donors (Lipinski definition) is 2. The molecule has 0 radical (unpaired) electrons. The Morgan fingerprint density at radius 1 is 1.06 bits per heavy atom. The molecule has 0 saturated carbocycles. The van der Waals surface area contributed by atoms with Crippen LogP contribution in [0.3, 0.4) is 0 Å². The summed E-state index contributed by atoms with van der Waals surface area (Å²) >= 11 is 1.70. The molecule has 0 unspecified atom stereocenters. The Hall–Kier alpha value is -1.68. The summed E-state index contributed by atoms with van der Waals surface area (Å²) in [6.45, 7) is 0. The van der Waals surface area contributed by atoms with E-state index in [1.807, 2.05) is 36.4 Å². The second kappa shape index (κ2) is 4.90. The van der Waals surface area contributed by atoms with E-state index >= 15 is 0 Å². The first-order valence-corrected chi connectivity index (χ1v) is 5.92. The molecule has 0 aliphatic heterocycles. The van der Waals surface area contributed by atoms with Gasteiger partial charge < -0.3 is 11.5 Å². The molecule has 16 heavy (non-hydrogen) atoms. The van der Waals surface area contributed by atoms with Gasteiger partial charge in [0.25, 0.3) is 0 Å². The average molecular weight is 231 g/mol. The maximum Gasteiger partial charge on any atom is 0.123 e. The molecule has 0 fully saturated rings. The number of nitrogens with zero attached hydrogens (tertiary/aromatic N) is 1. The van der Waals surface area contributed by atoms with Crippen molar-refractivity contribution >= 4 is 23.3 Å². The van der Waals surface area contributed by atoms with Crippen LogP contribution in [0.15, 0.2) is 47.5 Å². The van der Waals surface area contributed by atoms with Crippen molar-refractivity contribution in [1.29, 1.82) is 0 Å². The van der Waals surface area contributed by atoms with Crippen LogP contribution in [-0.2, 0) is 5.75 Å². The first kappa shape index (κ1) is 10.8. The maximum absolute atomic E-state index is 5.85. The number of hydrogen-bond acceptors (Lipinski definition) is 4. The molecule has 1 aromatic heterocycles. The number of nitrogens with two attached hydrogens (primary N) is 2. The molecule has 82 valence electrons. The molecule has 0 aliphatic carbocycles. The summed E-state index contributed by atoms with van der Waals surface area (Å²) < 4.78 is 0. The van der Waals surface area contributed by atoms with Gasteiger partial charge in [0.05, 0.1) is 0 Å². The van der Waals surface area contributed by atoms with Gasteiger partial charge in [-0.3, -0.25) is 0 Å². The normalized spacial score (nSPS) is 10.2. The zero-order valence-corrected chi connectivity index (χ0v) is 9.58. The molecule has 3 nitrogen and oxygen atoms in total. The van der Waals surface area contributed by atoms with Gasteiger partial charge in [-0.25, -0.2) is 4.98 Å². The Kier molecular flexibility index (Phi) is 3.31. The predicted octanol–water partition coefficient (Wildman–Crippen LogP) is 2.54. The summed E-state index contributed by atoms with van der Waals surface area (Å²) in [5.74, 6) is 1.40. The van der Waals surface area contributed by atoms with Gasteiger partial charge in [0.1, 0.15) is 5.82 Å². The molecule has 0 spiro atoms. The minimum atomic E-state index is 0.549. The largest absolute Gasteiger partial charge is 0.398 e. The lowest BCUT2D eigenvalue weighted by Crippen LogP contribution is -1.91. The summed E-state index contributed by atoms with van der Waals surface area (Å²) in [4.78, 5) is 5.14. The molecule has 0 saturated heterocycles. The van der Waals surface area contributed by atoms with Crippen molar-refractivity contribution in [3.63, 3.8) is 0 Å². The van der Waals surface area contributed by atoms with Gasteiger partial charge >= 0.3 is 0 Å². The van der Waals surface area contributed by atoms with Crippen molar-refractivity contribution in [1.82, 2.24) is 4.98 Å². The second-order valence-corrected chi connectivity index (χ2v) is 4.43.